The van der Waals surface area contributed by atoms with Gasteiger partial charge in [0.05, 0.1) is 5.69 Å². The highest BCUT2D eigenvalue weighted by atomic mass is 15.3. The summed E-state index contributed by atoms with van der Waals surface area (Å²) in [5.74, 6) is 0. The summed E-state index contributed by atoms with van der Waals surface area (Å²) in [5, 5.41) is 4.25. The minimum absolute atomic E-state index is 1.13. The number of nitrogens with zero attached hydrogens (tertiary/aromatic N) is 4. The molecule has 2 heterocycles. The van der Waals surface area contributed by atoms with E-state index < -0.39 is 0 Å². The maximum Gasteiger partial charge on any atom is 0.0645 e. The number of benzene rings is 1. The van der Waals surface area contributed by atoms with Crippen molar-refractivity contribution in [1.29, 1.82) is 0 Å². The Kier molecular flexibility index (Phi) is 4.68. The molecule has 0 atom stereocenters. The number of likely N-dealkylation sites (N-methyl/N-ethyl adjacent to an activating group) is 1. The molecule has 0 unspecified atom stereocenters. The lowest BCUT2D eigenvalue weighted by Crippen LogP contribution is -2.44. The second kappa shape index (κ2) is 6.87. The first-order valence-corrected chi connectivity index (χ1v) is 7.81. The fourth-order valence-corrected chi connectivity index (χ4v) is 2.82. The largest absolute Gasteiger partial charge is 0.304 e. The van der Waals surface area contributed by atoms with Crippen molar-refractivity contribution < 1.29 is 0 Å². The fraction of sp³-hybridized carbons (Fsp3) is 0.471. The second-order valence-corrected chi connectivity index (χ2v) is 5.87. The quantitative estimate of drug-likeness (QED) is 0.840. The second-order valence-electron chi connectivity index (χ2n) is 5.87. The predicted octanol–water partition coefficient (Wildman–Crippen LogP) is 2.05. The molecule has 1 fully saturated rings. The highest BCUT2D eigenvalue weighted by molar-refractivity contribution is 5.33. The molecule has 0 aliphatic carbocycles. The van der Waals surface area contributed by atoms with Crippen LogP contribution in [0.15, 0.2) is 42.7 Å². The van der Waals surface area contributed by atoms with Crippen LogP contribution in [0, 0.1) is 0 Å². The smallest absolute Gasteiger partial charge is 0.0645 e. The summed E-state index contributed by atoms with van der Waals surface area (Å²) in [6.45, 7) is 6.06. The Morgan fingerprint density at radius 3 is 2.48 bits per heavy atom. The molecule has 0 radical (unpaired) electrons. The summed E-state index contributed by atoms with van der Waals surface area (Å²) < 4.78 is 1.90. The summed E-state index contributed by atoms with van der Waals surface area (Å²) in [7, 11) is 2.21. The van der Waals surface area contributed by atoms with Crippen LogP contribution in [-0.4, -0.2) is 59.4 Å². The van der Waals surface area contributed by atoms with Gasteiger partial charge in [-0.15, -0.1) is 0 Å². The average Bonchev–Trinajstić information content (AvgIpc) is 3.04. The van der Waals surface area contributed by atoms with Crippen LogP contribution in [0.3, 0.4) is 0 Å². The highest BCUT2D eigenvalue weighted by Gasteiger charge is 2.12. The minimum Gasteiger partial charge on any atom is -0.304 e. The van der Waals surface area contributed by atoms with Gasteiger partial charge in [0.1, 0.15) is 0 Å². The van der Waals surface area contributed by atoms with E-state index in [4.69, 9.17) is 0 Å². The Bertz CT molecular complexity index is 524. The standard InChI is InChI=1S/C17H24N4/c1-19-12-14-20(15-13-19)10-2-4-16-5-7-17(8-6-16)21-11-3-9-18-21/h3,5-9,11H,2,4,10,12-15H2,1H3. The average molecular weight is 284 g/mol. The van der Waals surface area contributed by atoms with Crippen LogP contribution in [0.5, 0.6) is 0 Å². The molecule has 0 N–H and O–H groups in total. The molecule has 4 heteroatoms. The van der Waals surface area contributed by atoms with Gasteiger partial charge in [-0.25, -0.2) is 4.68 Å². The van der Waals surface area contributed by atoms with E-state index >= 15 is 0 Å². The molecule has 1 aliphatic heterocycles. The van der Waals surface area contributed by atoms with Gasteiger partial charge in [-0.05, 0) is 50.2 Å². The van der Waals surface area contributed by atoms with E-state index in [-0.39, 0.29) is 0 Å². The summed E-state index contributed by atoms with van der Waals surface area (Å²) in [6, 6.07) is 10.7. The molecule has 3 rings (SSSR count). The van der Waals surface area contributed by atoms with E-state index in [0.29, 0.717) is 0 Å². The van der Waals surface area contributed by atoms with Crippen molar-refractivity contribution in [2.24, 2.45) is 0 Å². The van der Waals surface area contributed by atoms with Gasteiger partial charge in [0.25, 0.3) is 0 Å². The normalized spacial score (nSPS) is 17.2. The molecular weight excluding hydrogens is 260 g/mol. The van der Waals surface area contributed by atoms with Crippen molar-refractivity contribution in [3.63, 3.8) is 0 Å². The number of piperazine rings is 1. The van der Waals surface area contributed by atoms with Crippen molar-refractivity contribution in [3.8, 4) is 5.69 Å². The molecule has 1 saturated heterocycles. The third kappa shape index (κ3) is 3.93. The maximum absolute atomic E-state index is 4.25. The van der Waals surface area contributed by atoms with Crippen LogP contribution in [0.25, 0.3) is 5.69 Å². The summed E-state index contributed by atoms with van der Waals surface area (Å²) in [4.78, 5) is 4.99. The van der Waals surface area contributed by atoms with Crippen LogP contribution in [0.4, 0.5) is 0 Å². The first-order chi connectivity index (χ1) is 10.3. The van der Waals surface area contributed by atoms with E-state index in [0.717, 1.165) is 12.1 Å². The summed E-state index contributed by atoms with van der Waals surface area (Å²) in [5.41, 5.74) is 2.54. The zero-order valence-corrected chi connectivity index (χ0v) is 12.8. The van der Waals surface area contributed by atoms with Crippen LogP contribution < -0.4 is 0 Å². The van der Waals surface area contributed by atoms with Gasteiger partial charge in [0.15, 0.2) is 0 Å². The van der Waals surface area contributed by atoms with Gasteiger partial charge in [-0.2, -0.15) is 5.10 Å². The molecule has 0 amide bonds. The number of hydrogen-bond acceptors (Lipinski definition) is 3. The molecule has 0 bridgehead atoms. The first-order valence-electron chi connectivity index (χ1n) is 7.81. The number of aryl methyl sites for hydroxylation is 1. The molecule has 1 aliphatic rings. The van der Waals surface area contributed by atoms with Gasteiger partial charge in [0, 0.05) is 38.6 Å². The molecule has 2 aromatic rings. The van der Waals surface area contributed by atoms with E-state index in [1.165, 1.54) is 44.7 Å². The third-order valence-corrected chi connectivity index (χ3v) is 4.24. The summed E-state index contributed by atoms with van der Waals surface area (Å²) in [6.07, 6.45) is 6.18. The molecule has 1 aromatic heterocycles. The van der Waals surface area contributed by atoms with Crippen molar-refractivity contribution in [1.82, 2.24) is 19.6 Å². The zero-order chi connectivity index (χ0) is 14.5. The van der Waals surface area contributed by atoms with Crippen molar-refractivity contribution in [2.45, 2.75) is 12.8 Å². The van der Waals surface area contributed by atoms with Crippen molar-refractivity contribution in [2.75, 3.05) is 39.8 Å². The molecule has 0 spiro atoms. The lowest BCUT2D eigenvalue weighted by molar-refractivity contribution is 0.153. The summed E-state index contributed by atoms with van der Waals surface area (Å²) >= 11 is 0. The Hall–Kier alpha value is -1.65. The highest BCUT2D eigenvalue weighted by Crippen LogP contribution is 2.11. The SMILES string of the molecule is CN1CCN(CCCc2ccc(-n3cccn3)cc2)CC1. The third-order valence-electron chi connectivity index (χ3n) is 4.24. The monoisotopic (exact) mass is 284 g/mol. The maximum atomic E-state index is 4.25. The number of aromatic nitrogens is 2. The first kappa shape index (κ1) is 14.3. The molecule has 0 saturated carbocycles. The number of rotatable bonds is 5. The lowest BCUT2D eigenvalue weighted by atomic mass is 10.1. The van der Waals surface area contributed by atoms with E-state index in [1.54, 1.807) is 0 Å². The van der Waals surface area contributed by atoms with E-state index in [9.17, 15) is 0 Å². The van der Waals surface area contributed by atoms with E-state index in [1.807, 2.05) is 23.1 Å². The number of hydrogen-bond donors (Lipinski definition) is 0. The molecule has 21 heavy (non-hydrogen) atoms. The predicted molar refractivity (Wildman–Crippen MR) is 85.8 cm³/mol. The minimum atomic E-state index is 1.13. The Labute approximate surface area is 127 Å². The van der Waals surface area contributed by atoms with Gasteiger partial charge in [-0.3, -0.25) is 0 Å². The molecule has 4 nitrogen and oxygen atoms in total. The molecular formula is C17H24N4. The van der Waals surface area contributed by atoms with Gasteiger partial charge < -0.3 is 9.80 Å². The van der Waals surface area contributed by atoms with Gasteiger partial charge in [0.2, 0.25) is 0 Å². The lowest BCUT2D eigenvalue weighted by Gasteiger charge is -2.32. The Morgan fingerprint density at radius 2 is 1.81 bits per heavy atom. The molecule has 112 valence electrons. The van der Waals surface area contributed by atoms with Gasteiger partial charge >= 0.3 is 0 Å². The van der Waals surface area contributed by atoms with Crippen molar-refractivity contribution >= 4 is 0 Å². The van der Waals surface area contributed by atoms with Gasteiger partial charge in [-0.1, -0.05) is 12.1 Å². The zero-order valence-electron chi connectivity index (χ0n) is 12.8. The Balaban J connectivity index is 1.45. The van der Waals surface area contributed by atoms with Crippen LogP contribution >= 0.6 is 0 Å². The van der Waals surface area contributed by atoms with E-state index in [2.05, 4.69) is 46.2 Å². The van der Waals surface area contributed by atoms with Crippen molar-refractivity contribution in [3.05, 3.63) is 48.3 Å². The molecule has 1 aromatic carbocycles. The fourth-order valence-electron chi connectivity index (χ4n) is 2.82. The topological polar surface area (TPSA) is 24.3 Å². The van der Waals surface area contributed by atoms with Crippen LogP contribution in [0.1, 0.15) is 12.0 Å². The Morgan fingerprint density at radius 1 is 1.05 bits per heavy atom. The van der Waals surface area contributed by atoms with Crippen LogP contribution in [0.2, 0.25) is 0 Å². The van der Waals surface area contributed by atoms with Crippen LogP contribution in [-0.2, 0) is 6.42 Å².